The summed E-state index contributed by atoms with van der Waals surface area (Å²) in [4.78, 5) is 18.6. The second kappa shape index (κ2) is 5.95. The fraction of sp³-hybridized carbons (Fsp3) is 0.733. The van der Waals surface area contributed by atoms with Crippen LogP contribution in [0.3, 0.4) is 0 Å². The number of nitrogens with zero attached hydrogens (tertiary/aromatic N) is 3. The first-order valence-electron chi connectivity index (χ1n) is 7.57. The van der Waals surface area contributed by atoms with Crippen molar-refractivity contribution in [1.82, 2.24) is 14.5 Å². The molecule has 3 rings (SSSR count). The average molecular weight is 277 g/mol. The van der Waals surface area contributed by atoms with Crippen molar-refractivity contribution < 1.29 is 9.53 Å². The van der Waals surface area contributed by atoms with Gasteiger partial charge in [-0.1, -0.05) is 0 Å². The van der Waals surface area contributed by atoms with E-state index >= 15 is 0 Å². The maximum Gasteiger partial charge on any atom is 0.227 e. The van der Waals surface area contributed by atoms with Crippen molar-refractivity contribution in [2.75, 3.05) is 26.8 Å². The lowest BCUT2D eigenvalue weighted by atomic mass is 9.97. The summed E-state index contributed by atoms with van der Waals surface area (Å²) in [6.45, 7) is 3.22. The summed E-state index contributed by atoms with van der Waals surface area (Å²) in [5, 5.41) is 0. The van der Waals surface area contributed by atoms with Gasteiger partial charge in [0.2, 0.25) is 5.91 Å². The predicted molar refractivity (Wildman–Crippen MR) is 75.2 cm³/mol. The molecule has 0 aromatic carbocycles. The van der Waals surface area contributed by atoms with Gasteiger partial charge in [-0.2, -0.15) is 0 Å². The van der Waals surface area contributed by atoms with Gasteiger partial charge in [-0.3, -0.25) is 4.79 Å². The molecule has 1 saturated heterocycles. The van der Waals surface area contributed by atoms with Crippen molar-refractivity contribution in [2.24, 2.45) is 11.8 Å². The minimum absolute atomic E-state index is 0.0705. The number of ether oxygens (including phenoxy) is 1. The van der Waals surface area contributed by atoms with E-state index in [0.29, 0.717) is 12.5 Å². The van der Waals surface area contributed by atoms with Crippen molar-refractivity contribution >= 4 is 5.91 Å². The molecule has 2 atom stereocenters. The Kier molecular flexibility index (Phi) is 4.05. The van der Waals surface area contributed by atoms with Crippen molar-refractivity contribution in [3.63, 3.8) is 0 Å². The Morgan fingerprint density at radius 3 is 3.25 bits per heavy atom. The molecule has 0 spiro atoms. The number of carbonyl (C=O) groups excluding carboxylic acids is 1. The van der Waals surface area contributed by atoms with Crippen LogP contribution in [0.2, 0.25) is 0 Å². The van der Waals surface area contributed by atoms with Crippen LogP contribution in [-0.2, 0) is 22.5 Å². The zero-order valence-corrected chi connectivity index (χ0v) is 12.1. The van der Waals surface area contributed by atoms with E-state index in [4.69, 9.17) is 4.74 Å². The van der Waals surface area contributed by atoms with Gasteiger partial charge < -0.3 is 14.2 Å². The van der Waals surface area contributed by atoms with Gasteiger partial charge in [-0.25, -0.2) is 4.98 Å². The van der Waals surface area contributed by atoms with Crippen molar-refractivity contribution in [2.45, 2.75) is 32.2 Å². The van der Waals surface area contributed by atoms with Crippen LogP contribution in [0.4, 0.5) is 0 Å². The standard InChI is InChI=1S/C15H23N3O2/c1-17(15(19)13-3-2-8-20-11-13)9-12-4-5-14-16-6-7-18(14)10-12/h6-7,12-13H,2-5,8-11H2,1H3/t12-,13-/m1/s1. The molecule has 0 radical (unpaired) electrons. The van der Waals surface area contributed by atoms with Gasteiger partial charge in [-0.05, 0) is 25.2 Å². The van der Waals surface area contributed by atoms with Crippen molar-refractivity contribution in [3.05, 3.63) is 18.2 Å². The van der Waals surface area contributed by atoms with Crippen LogP contribution in [-0.4, -0.2) is 47.2 Å². The molecule has 1 fully saturated rings. The third kappa shape index (κ3) is 2.87. The molecule has 1 aromatic rings. The molecule has 1 aromatic heterocycles. The van der Waals surface area contributed by atoms with Crippen molar-refractivity contribution in [3.8, 4) is 0 Å². The maximum atomic E-state index is 12.4. The monoisotopic (exact) mass is 277 g/mol. The first kappa shape index (κ1) is 13.6. The van der Waals surface area contributed by atoms with Crippen LogP contribution >= 0.6 is 0 Å². The van der Waals surface area contributed by atoms with Gasteiger partial charge in [0.05, 0.1) is 12.5 Å². The lowest BCUT2D eigenvalue weighted by molar-refractivity contribution is -0.139. The summed E-state index contributed by atoms with van der Waals surface area (Å²) in [5.74, 6) is 2.04. The second-order valence-corrected chi connectivity index (χ2v) is 6.03. The van der Waals surface area contributed by atoms with E-state index in [9.17, 15) is 4.79 Å². The van der Waals surface area contributed by atoms with Crippen LogP contribution < -0.4 is 0 Å². The minimum atomic E-state index is 0.0705. The van der Waals surface area contributed by atoms with E-state index in [1.165, 1.54) is 5.82 Å². The summed E-state index contributed by atoms with van der Waals surface area (Å²) in [7, 11) is 1.93. The summed E-state index contributed by atoms with van der Waals surface area (Å²) in [5.41, 5.74) is 0. The Morgan fingerprint density at radius 2 is 2.45 bits per heavy atom. The Hall–Kier alpha value is -1.36. The van der Waals surface area contributed by atoms with Crippen LogP contribution in [0, 0.1) is 11.8 Å². The van der Waals surface area contributed by atoms with Gasteiger partial charge in [0.1, 0.15) is 5.82 Å². The quantitative estimate of drug-likeness (QED) is 0.837. The summed E-state index contributed by atoms with van der Waals surface area (Å²) in [6, 6.07) is 0. The lowest BCUT2D eigenvalue weighted by Gasteiger charge is -2.31. The number of imidazole rings is 1. The first-order chi connectivity index (χ1) is 9.74. The van der Waals surface area contributed by atoms with Gasteiger partial charge >= 0.3 is 0 Å². The van der Waals surface area contributed by atoms with Gasteiger partial charge in [0.15, 0.2) is 0 Å². The summed E-state index contributed by atoms with van der Waals surface area (Å²) >= 11 is 0. The van der Waals surface area contributed by atoms with Crippen LogP contribution in [0.15, 0.2) is 12.4 Å². The van der Waals surface area contributed by atoms with E-state index in [0.717, 1.165) is 45.4 Å². The van der Waals surface area contributed by atoms with E-state index in [1.54, 1.807) is 0 Å². The smallest absolute Gasteiger partial charge is 0.227 e. The highest BCUT2D eigenvalue weighted by molar-refractivity contribution is 5.78. The SMILES string of the molecule is CN(C[C@H]1CCc2nccn2C1)C(=O)[C@@H]1CCCOC1. The molecule has 5 heteroatoms. The molecule has 110 valence electrons. The average Bonchev–Trinajstić information content (AvgIpc) is 2.95. The van der Waals surface area contributed by atoms with Crippen LogP contribution in [0.5, 0.6) is 0 Å². The molecule has 2 aliphatic rings. The lowest BCUT2D eigenvalue weighted by Crippen LogP contribution is -2.41. The molecule has 1 amide bonds. The Balaban J connectivity index is 1.54. The Labute approximate surface area is 119 Å². The normalized spacial score (nSPS) is 26.1. The highest BCUT2D eigenvalue weighted by Gasteiger charge is 2.27. The second-order valence-electron chi connectivity index (χ2n) is 6.03. The Bertz CT molecular complexity index is 465. The number of amides is 1. The highest BCUT2D eigenvalue weighted by Crippen LogP contribution is 2.21. The van der Waals surface area contributed by atoms with Gasteiger partial charge in [0, 0.05) is 45.6 Å². The largest absolute Gasteiger partial charge is 0.381 e. The molecule has 2 aliphatic heterocycles. The molecule has 0 bridgehead atoms. The predicted octanol–water partition coefficient (Wildman–Crippen LogP) is 1.33. The summed E-state index contributed by atoms with van der Waals surface area (Å²) in [6.07, 6.45) is 8.03. The minimum Gasteiger partial charge on any atom is -0.381 e. The van der Waals surface area contributed by atoms with E-state index in [-0.39, 0.29) is 11.8 Å². The number of fused-ring (bicyclic) bond motifs is 1. The summed E-state index contributed by atoms with van der Waals surface area (Å²) < 4.78 is 7.64. The molecular weight excluding hydrogens is 254 g/mol. The molecule has 0 saturated carbocycles. The number of carbonyl (C=O) groups is 1. The number of aryl methyl sites for hydroxylation is 1. The topological polar surface area (TPSA) is 47.4 Å². The molecule has 5 nitrogen and oxygen atoms in total. The molecule has 0 unspecified atom stereocenters. The fourth-order valence-corrected chi connectivity index (χ4v) is 3.31. The first-order valence-corrected chi connectivity index (χ1v) is 7.57. The number of hydrogen-bond acceptors (Lipinski definition) is 3. The third-order valence-corrected chi connectivity index (χ3v) is 4.45. The Morgan fingerprint density at radius 1 is 1.55 bits per heavy atom. The third-order valence-electron chi connectivity index (χ3n) is 4.45. The van der Waals surface area contributed by atoms with E-state index < -0.39 is 0 Å². The van der Waals surface area contributed by atoms with E-state index in [2.05, 4.69) is 9.55 Å². The molecular formula is C15H23N3O2. The number of hydrogen-bond donors (Lipinski definition) is 0. The molecule has 3 heterocycles. The molecule has 0 N–H and O–H groups in total. The highest BCUT2D eigenvalue weighted by atomic mass is 16.5. The number of rotatable bonds is 3. The molecule has 20 heavy (non-hydrogen) atoms. The zero-order chi connectivity index (χ0) is 13.9. The van der Waals surface area contributed by atoms with Gasteiger partial charge in [0.25, 0.3) is 0 Å². The van der Waals surface area contributed by atoms with Crippen molar-refractivity contribution in [1.29, 1.82) is 0 Å². The fourth-order valence-electron chi connectivity index (χ4n) is 3.31. The number of aromatic nitrogens is 2. The van der Waals surface area contributed by atoms with Crippen LogP contribution in [0.1, 0.15) is 25.1 Å². The maximum absolute atomic E-state index is 12.4. The zero-order valence-electron chi connectivity index (χ0n) is 12.1. The molecule has 0 aliphatic carbocycles. The van der Waals surface area contributed by atoms with Crippen LogP contribution in [0.25, 0.3) is 0 Å². The van der Waals surface area contributed by atoms with E-state index in [1.807, 2.05) is 24.3 Å². The van der Waals surface area contributed by atoms with Gasteiger partial charge in [-0.15, -0.1) is 0 Å².